The van der Waals surface area contributed by atoms with Crippen molar-refractivity contribution in [3.63, 3.8) is 0 Å². The van der Waals surface area contributed by atoms with Crippen LogP contribution in [-0.4, -0.2) is 15.7 Å². The van der Waals surface area contributed by atoms with Gasteiger partial charge in [-0.2, -0.15) is 5.10 Å². The number of anilines is 1. The SMILES string of the molecule is Cc1nn(-c2ccc(F)cc2)c(Cl)c1[C@@H]1NC(=O)c2ccccc2N1. The summed E-state index contributed by atoms with van der Waals surface area (Å²) in [5.74, 6) is -0.508. The Hall–Kier alpha value is -2.86. The molecular formula is C18H14ClFN4O. The average molecular weight is 357 g/mol. The van der Waals surface area contributed by atoms with Crippen LogP contribution in [0.25, 0.3) is 5.69 Å². The van der Waals surface area contributed by atoms with Gasteiger partial charge in [-0.3, -0.25) is 4.79 Å². The number of aromatic nitrogens is 2. The number of halogens is 2. The number of benzene rings is 2. The van der Waals surface area contributed by atoms with Gasteiger partial charge < -0.3 is 10.6 Å². The summed E-state index contributed by atoms with van der Waals surface area (Å²) in [4.78, 5) is 12.3. The van der Waals surface area contributed by atoms with E-state index in [1.165, 1.54) is 16.8 Å². The van der Waals surface area contributed by atoms with Crippen LogP contribution in [0.15, 0.2) is 48.5 Å². The van der Waals surface area contributed by atoms with Gasteiger partial charge >= 0.3 is 0 Å². The first-order chi connectivity index (χ1) is 12.0. The Kier molecular flexibility index (Phi) is 3.69. The number of para-hydroxylation sites is 1. The highest BCUT2D eigenvalue weighted by Crippen LogP contribution is 2.33. The lowest BCUT2D eigenvalue weighted by atomic mass is 10.1. The highest BCUT2D eigenvalue weighted by atomic mass is 35.5. The number of hydrogen-bond acceptors (Lipinski definition) is 3. The van der Waals surface area contributed by atoms with Crippen molar-refractivity contribution in [1.82, 2.24) is 15.1 Å². The molecule has 1 aliphatic rings. The zero-order chi connectivity index (χ0) is 17.6. The molecule has 0 radical (unpaired) electrons. The monoisotopic (exact) mass is 356 g/mol. The minimum atomic E-state index is -0.496. The van der Waals surface area contributed by atoms with E-state index in [2.05, 4.69) is 15.7 Å². The van der Waals surface area contributed by atoms with Crippen LogP contribution in [0.1, 0.15) is 27.8 Å². The molecule has 0 bridgehead atoms. The maximum Gasteiger partial charge on any atom is 0.255 e. The largest absolute Gasteiger partial charge is 0.361 e. The van der Waals surface area contributed by atoms with E-state index < -0.39 is 6.17 Å². The number of aryl methyl sites for hydroxylation is 1. The van der Waals surface area contributed by atoms with Crippen LogP contribution < -0.4 is 10.6 Å². The molecule has 2 heterocycles. The number of rotatable bonds is 2. The van der Waals surface area contributed by atoms with Crippen LogP contribution in [0, 0.1) is 12.7 Å². The number of hydrogen-bond donors (Lipinski definition) is 2. The number of nitrogens with zero attached hydrogens (tertiary/aromatic N) is 2. The van der Waals surface area contributed by atoms with Gasteiger partial charge in [0.25, 0.3) is 5.91 Å². The lowest BCUT2D eigenvalue weighted by molar-refractivity contribution is 0.0935. The zero-order valence-corrected chi connectivity index (χ0v) is 14.0. The molecule has 1 atom stereocenters. The van der Waals surface area contributed by atoms with E-state index in [4.69, 9.17) is 11.6 Å². The highest BCUT2D eigenvalue weighted by Gasteiger charge is 2.29. The van der Waals surface area contributed by atoms with Gasteiger partial charge in [-0.05, 0) is 43.3 Å². The third-order valence-corrected chi connectivity index (χ3v) is 4.52. The third kappa shape index (κ3) is 2.64. The molecule has 0 unspecified atom stereocenters. The molecule has 0 fully saturated rings. The van der Waals surface area contributed by atoms with Crippen molar-refractivity contribution in [3.8, 4) is 5.69 Å². The van der Waals surface area contributed by atoms with Crippen molar-refractivity contribution in [3.05, 3.63) is 76.3 Å². The molecule has 1 aromatic heterocycles. The Labute approximate surface area is 148 Å². The maximum absolute atomic E-state index is 13.1. The smallest absolute Gasteiger partial charge is 0.255 e. The molecule has 0 spiro atoms. The van der Waals surface area contributed by atoms with Crippen molar-refractivity contribution in [2.24, 2.45) is 0 Å². The topological polar surface area (TPSA) is 59.0 Å². The van der Waals surface area contributed by atoms with Gasteiger partial charge in [0, 0.05) is 5.69 Å². The fourth-order valence-electron chi connectivity index (χ4n) is 2.94. The van der Waals surface area contributed by atoms with Gasteiger partial charge in [-0.25, -0.2) is 9.07 Å². The summed E-state index contributed by atoms with van der Waals surface area (Å²) >= 11 is 6.53. The summed E-state index contributed by atoms with van der Waals surface area (Å²) in [7, 11) is 0. The summed E-state index contributed by atoms with van der Waals surface area (Å²) in [6.07, 6.45) is -0.496. The second-order valence-corrected chi connectivity index (χ2v) is 6.13. The van der Waals surface area contributed by atoms with E-state index in [0.717, 1.165) is 5.69 Å². The standard InChI is InChI=1S/C18H14ClFN4O/c1-10-15(16(19)24(23-10)12-8-6-11(20)7-9-12)17-21-14-5-3-2-4-13(14)18(25)22-17/h2-9,17,21H,1H3,(H,22,25)/t17-/m0/s1. The molecule has 0 saturated carbocycles. The second-order valence-electron chi connectivity index (χ2n) is 5.77. The molecule has 5 nitrogen and oxygen atoms in total. The molecule has 0 saturated heterocycles. The molecule has 2 aromatic carbocycles. The summed E-state index contributed by atoms with van der Waals surface area (Å²) in [6, 6.07) is 13.2. The van der Waals surface area contributed by atoms with Crippen LogP contribution in [-0.2, 0) is 0 Å². The van der Waals surface area contributed by atoms with Gasteiger partial charge in [0.15, 0.2) is 0 Å². The van der Waals surface area contributed by atoms with Crippen molar-refractivity contribution in [2.75, 3.05) is 5.32 Å². The first-order valence-electron chi connectivity index (χ1n) is 7.72. The van der Waals surface area contributed by atoms with Gasteiger partial charge in [-0.1, -0.05) is 23.7 Å². The molecular weight excluding hydrogens is 343 g/mol. The molecule has 4 rings (SSSR count). The van der Waals surface area contributed by atoms with E-state index in [0.29, 0.717) is 27.7 Å². The van der Waals surface area contributed by atoms with Crippen molar-refractivity contribution in [1.29, 1.82) is 0 Å². The van der Waals surface area contributed by atoms with Gasteiger partial charge in [0.1, 0.15) is 17.1 Å². The molecule has 0 aliphatic carbocycles. The number of amides is 1. The van der Waals surface area contributed by atoms with E-state index in [-0.39, 0.29) is 11.7 Å². The van der Waals surface area contributed by atoms with E-state index >= 15 is 0 Å². The summed E-state index contributed by atoms with van der Waals surface area (Å²) < 4.78 is 14.7. The normalized spacial score (nSPS) is 16.1. The minimum Gasteiger partial charge on any atom is -0.361 e. The second kappa shape index (κ2) is 5.89. The van der Waals surface area contributed by atoms with Crippen molar-refractivity contribution < 1.29 is 9.18 Å². The Morgan fingerprint density at radius 3 is 2.60 bits per heavy atom. The quantitative estimate of drug-likeness (QED) is 0.733. The van der Waals surface area contributed by atoms with E-state index in [1.54, 1.807) is 18.2 Å². The molecule has 7 heteroatoms. The fourth-order valence-corrected chi connectivity index (χ4v) is 3.33. The van der Waals surface area contributed by atoms with Crippen molar-refractivity contribution >= 4 is 23.2 Å². The maximum atomic E-state index is 13.1. The average Bonchev–Trinajstić information content (AvgIpc) is 2.90. The Morgan fingerprint density at radius 2 is 1.84 bits per heavy atom. The first kappa shape index (κ1) is 15.7. The van der Waals surface area contributed by atoms with Crippen LogP contribution >= 0.6 is 11.6 Å². The lowest BCUT2D eigenvalue weighted by Gasteiger charge is -2.27. The Balaban J connectivity index is 1.75. The molecule has 1 amide bonds. The predicted molar refractivity (Wildman–Crippen MR) is 93.5 cm³/mol. The number of nitrogens with one attached hydrogen (secondary N) is 2. The minimum absolute atomic E-state index is 0.177. The first-order valence-corrected chi connectivity index (χ1v) is 8.10. The zero-order valence-electron chi connectivity index (χ0n) is 13.3. The molecule has 2 N–H and O–H groups in total. The predicted octanol–water partition coefficient (Wildman–Crippen LogP) is 3.83. The molecule has 1 aliphatic heterocycles. The van der Waals surface area contributed by atoms with Gasteiger partial charge in [0.2, 0.25) is 0 Å². The number of fused-ring (bicyclic) bond motifs is 1. The highest BCUT2D eigenvalue weighted by molar-refractivity contribution is 6.30. The Bertz CT molecular complexity index is 968. The summed E-state index contributed by atoms with van der Waals surface area (Å²) in [5, 5.41) is 11.0. The van der Waals surface area contributed by atoms with E-state index in [1.807, 2.05) is 25.1 Å². The van der Waals surface area contributed by atoms with Crippen molar-refractivity contribution in [2.45, 2.75) is 13.1 Å². The van der Waals surface area contributed by atoms with Crippen LogP contribution in [0.3, 0.4) is 0 Å². The van der Waals surface area contributed by atoms with Gasteiger partial charge in [0.05, 0.1) is 22.5 Å². The summed E-state index contributed by atoms with van der Waals surface area (Å²) in [5.41, 5.74) is 3.31. The number of carbonyl (C=O) groups excluding carboxylic acids is 1. The van der Waals surface area contributed by atoms with Gasteiger partial charge in [-0.15, -0.1) is 0 Å². The van der Waals surface area contributed by atoms with Crippen LogP contribution in [0.5, 0.6) is 0 Å². The van der Waals surface area contributed by atoms with Crippen LogP contribution in [0.4, 0.5) is 10.1 Å². The summed E-state index contributed by atoms with van der Waals surface area (Å²) in [6.45, 7) is 1.82. The van der Waals surface area contributed by atoms with E-state index in [9.17, 15) is 9.18 Å². The third-order valence-electron chi connectivity index (χ3n) is 4.15. The lowest BCUT2D eigenvalue weighted by Crippen LogP contribution is -2.38. The number of carbonyl (C=O) groups is 1. The Morgan fingerprint density at radius 1 is 1.12 bits per heavy atom. The fraction of sp³-hybridized carbons (Fsp3) is 0.111. The molecule has 3 aromatic rings. The molecule has 25 heavy (non-hydrogen) atoms. The molecule has 126 valence electrons. The van der Waals surface area contributed by atoms with Crippen LogP contribution in [0.2, 0.25) is 5.15 Å².